The first-order chi connectivity index (χ1) is 12.8. The third kappa shape index (κ3) is 4.32. The highest BCUT2D eigenvalue weighted by Crippen LogP contribution is 2.32. The minimum atomic E-state index is -1.06. The summed E-state index contributed by atoms with van der Waals surface area (Å²) in [7, 11) is 4.16. The molecule has 0 bridgehead atoms. The molecular formula is C19H31N5O3. The van der Waals surface area contributed by atoms with Crippen LogP contribution in [-0.2, 0) is 14.9 Å². The lowest BCUT2D eigenvalue weighted by molar-refractivity contribution is -0.142. The molecular weight excluding hydrogens is 346 g/mol. The average Bonchev–Trinajstić information content (AvgIpc) is 3.06. The standard InChI is InChI=1S/C19H31N5O3/c1-19(2,17(25)26)15-11-20-18(21-16(15)24-7-9-27-10-8-24)23(4)13-14-5-6-22(3)12-14/h11,14H,5-10,12-13H2,1-4H3,(H,25,26). The van der Waals surface area contributed by atoms with Gasteiger partial charge >= 0.3 is 5.97 Å². The molecule has 3 heterocycles. The molecule has 2 aliphatic heterocycles. The highest BCUT2D eigenvalue weighted by Gasteiger charge is 2.35. The molecule has 2 aliphatic rings. The number of nitrogens with zero attached hydrogens (tertiary/aromatic N) is 5. The summed E-state index contributed by atoms with van der Waals surface area (Å²) in [6.45, 7) is 9.18. The van der Waals surface area contributed by atoms with Gasteiger partial charge in [-0.3, -0.25) is 4.79 Å². The summed E-state index contributed by atoms with van der Waals surface area (Å²) < 4.78 is 5.45. The Balaban J connectivity index is 1.88. The van der Waals surface area contributed by atoms with Crippen molar-refractivity contribution in [3.8, 4) is 0 Å². The summed E-state index contributed by atoms with van der Waals surface area (Å²) in [5.41, 5.74) is -0.409. The summed E-state index contributed by atoms with van der Waals surface area (Å²) in [6, 6.07) is 0. The van der Waals surface area contributed by atoms with E-state index in [1.807, 2.05) is 7.05 Å². The molecule has 0 aromatic carbocycles. The predicted molar refractivity (Wildman–Crippen MR) is 105 cm³/mol. The van der Waals surface area contributed by atoms with Gasteiger partial charge in [0, 0.05) is 45.0 Å². The largest absolute Gasteiger partial charge is 0.481 e. The number of hydrogen-bond donors (Lipinski definition) is 1. The fourth-order valence-electron chi connectivity index (χ4n) is 3.76. The van der Waals surface area contributed by atoms with E-state index in [2.05, 4.69) is 26.7 Å². The molecule has 1 aromatic rings. The maximum absolute atomic E-state index is 11.8. The van der Waals surface area contributed by atoms with Crippen LogP contribution in [0.15, 0.2) is 6.20 Å². The van der Waals surface area contributed by atoms with E-state index >= 15 is 0 Å². The monoisotopic (exact) mass is 377 g/mol. The number of aromatic nitrogens is 2. The molecule has 1 atom stereocenters. The van der Waals surface area contributed by atoms with Crippen LogP contribution >= 0.6 is 0 Å². The van der Waals surface area contributed by atoms with Crippen molar-refractivity contribution >= 4 is 17.7 Å². The topological polar surface area (TPSA) is 82.0 Å². The number of carboxylic acid groups (broad SMARTS) is 1. The van der Waals surface area contributed by atoms with Crippen molar-refractivity contribution < 1.29 is 14.6 Å². The molecule has 8 nitrogen and oxygen atoms in total. The van der Waals surface area contributed by atoms with Crippen molar-refractivity contribution in [2.75, 3.05) is 69.8 Å². The van der Waals surface area contributed by atoms with Crippen LogP contribution in [0.1, 0.15) is 25.8 Å². The van der Waals surface area contributed by atoms with Gasteiger partial charge in [0.25, 0.3) is 0 Å². The molecule has 1 unspecified atom stereocenters. The maximum Gasteiger partial charge on any atom is 0.313 e. The zero-order valence-corrected chi connectivity index (χ0v) is 16.8. The van der Waals surface area contributed by atoms with E-state index in [0.717, 1.165) is 19.6 Å². The molecule has 2 saturated heterocycles. The first-order valence-electron chi connectivity index (χ1n) is 9.62. The third-order valence-electron chi connectivity index (χ3n) is 5.64. The zero-order chi connectivity index (χ0) is 19.6. The minimum absolute atomic E-state index is 0.602. The van der Waals surface area contributed by atoms with Crippen molar-refractivity contribution in [2.24, 2.45) is 5.92 Å². The van der Waals surface area contributed by atoms with Crippen LogP contribution in [0, 0.1) is 5.92 Å². The molecule has 1 aromatic heterocycles. The average molecular weight is 377 g/mol. The molecule has 0 spiro atoms. The molecule has 8 heteroatoms. The van der Waals surface area contributed by atoms with Gasteiger partial charge in [0.15, 0.2) is 0 Å². The predicted octanol–water partition coefficient (Wildman–Crippen LogP) is 1.06. The summed E-state index contributed by atoms with van der Waals surface area (Å²) in [6.07, 6.45) is 2.87. The molecule has 0 aliphatic carbocycles. The molecule has 1 N–H and O–H groups in total. The van der Waals surface area contributed by atoms with Gasteiger partial charge in [-0.05, 0) is 39.8 Å². The van der Waals surface area contributed by atoms with Crippen LogP contribution in [0.5, 0.6) is 0 Å². The summed E-state index contributed by atoms with van der Waals surface area (Å²) in [5, 5.41) is 9.70. The molecule has 27 heavy (non-hydrogen) atoms. The SMILES string of the molecule is CN1CCC(CN(C)c2ncc(C(C)(C)C(=O)O)c(N3CCOCC3)n2)C1. The second-order valence-electron chi connectivity index (χ2n) is 8.23. The Kier molecular flexibility index (Phi) is 5.86. The van der Waals surface area contributed by atoms with Crippen LogP contribution in [0.4, 0.5) is 11.8 Å². The second-order valence-corrected chi connectivity index (χ2v) is 8.23. The van der Waals surface area contributed by atoms with Crippen LogP contribution in [0.25, 0.3) is 0 Å². The van der Waals surface area contributed by atoms with E-state index < -0.39 is 11.4 Å². The lowest BCUT2D eigenvalue weighted by atomic mass is 9.85. The van der Waals surface area contributed by atoms with Crippen LogP contribution in [0.3, 0.4) is 0 Å². The van der Waals surface area contributed by atoms with Crippen molar-refractivity contribution in [3.05, 3.63) is 11.8 Å². The molecule has 0 radical (unpaired) electrons. The zero-order valence-electron chi connectivity index (χ0n) is 16.8. The molecule has 2 fully saturated rings. The number of likely N-dealkylation sites (tertiary alicyclic amines) is 1. The second kappa shape index (κ2) is 7.98. The third-order valence-corrected chi connectivity index (χ3v) is 5.64. The molecule has 0 saturated carbocycles. The number of carboxylic acids is 1. The van der Waals surface area contributed by atoms with E-state index in [0.29, 0.717) is 49.6 Å². The van der Waals surface area contributed by atoms with Crippen molar-refractivity contribution in [1.29, 1.82) is 0 Å². The minimum Gasteiger partial charge on any atom is -0.481 e. The Labute approximate surface area is 161 Å². The Morgan fingerprint density at radius 2 is 2.07 bits per heavy atom. The van der Waals surface area contributed by atoms with Gasteiger partial charge in [0.1, 0.15) is 5.82 Å². The molecule has 3 rings (SSSR count). The number of ether oxygens (including phenoxy) is 1. The highest BCUT2D eigenvalue weighted by molar-refractivity contribution is 5.82. The number of aliphatic carboxylic acids is 1. The van der Waals surface area contributed by atoms with Crippen molar-refractivity contribution in [2.45, 2.75) is 25.7 Å². The van der Waals surface area contributed by atoms with Gasteiger partial charge < -0.3 is 24.5 Å². The summed E-state index contributed by atoms with van der Waals surface area (Å²) in [4.78, 5) is 27.7. The van der Waals surface area contributed by atoms with Gasteiger partial charge in [-0.2, -0.15) is 4.98 Å². The Morgan fingerprint density at radius 1 is 1.37 bits per heavy atom. The van der Waals surface area contributed by atoms with E-state index in [9.17, 15) is 9.90 Å². The molecule has 150 valence electrons. The maximum atomic E-state index is 11.8. The fourth-order valence-corrected chi connectivity index (χ4v) is 3.76. The van der Waals surface area contributed by atoms with E-state index in [-0.39, 0.29) is 0 Å². The van der Waals surface area contributed by atoms with E-state index in [1.165, 1.54) is 6.42 Å². The Morgan fingerprint density at radius 3 is 2.67 bits per heavy atom. The normalized spacial score (nSPS) is 21.5. The van der Waals surface area contributed by atoms with Gasteiger partial charge in [-0.15, -0.1) is 0 Å². The molecule has 0 amide bonds. The first-order valence-corrected chi connectivity index (χ1v) is 9.62. The van der Waals surface area contributed by atoms with E-state index in [4.69, 9.17) is 9.72 Å². The number of anilines is 2. The lowest BCUT2D eigenvalue weighted by Gasteiger charge is -2.33. The number of morpholine rings is 1. The number of carbonyl (C=O) groups is 1. The first kappa shape index (κ1) is 19.8. The van der Waals surface area contributed by atoms with Crippen LogP contribution < -0.4 is 9.80 Å². The van der Waals surface area contributed by atoms with Gasteiger partial charge in [-0.25, -0.2) is 4.98 Å². The fraction of sp³-hybridized carbons (Fsp3) is 0.737. The highest BCUT2D eigenvalue weighted by atomic mass is 16.5. The van der Waals surface area contributed by atoms with Crippen LogP contribution in [-0.4, -0.2) is 86.0 Å². The van der Waals surface area contributed by atoms with Crippen LogP contribution in [0.2, 0.25) is 0 Å². The number of rotatable bonds is 6. The number of hydrogen-bond acceptors (Lipinski definition) is 7. The smallest absolute Gasteiger partial charge is 0.313 e. The van der Waals surface area contributed by atoms with Gasteiger partial charge in [0.05, 0.1) is 18.6 Å². The van der Waals surface area contributed by atoms with Crippen molar-refractivity contribution in [3.63, 3.8) is 0 Å². The quantitative estimate of drug-likeness (QED) is 0.788. The van der Waals surface area contributed by atoms with Crippen molar-refractivity contribution in [1.82, 2.24) is 14.9 Å². The Hall–Kier alpha value is -1.93. The Bertz CT molecular complexity index is 675. The summed E-state index contributed by atoms with van der Waals surface area (Å²) in [5.74, 6) is 1.09. The van der Waals surface area contributed by atoms with E-state index in [1.54, 1.807) is 20.0 Å². The lowest BCUT2D eigenvalue weighted by Crippen LogP contribution is -2.40. The van der Waals surface area contributed by atoms with Gasteiger partial charge in [0.2, 0.25) is 5.95 Å². The summed E-state index contributed by atoms with van der Waals surface area (Å²) >= 11 is 0. The van der Waals surface area contributed by atoms with Gasteiger partial charge in [-0.1, -0.05) is 0 Å².